The van der Waals surface area contributed by atoms with Crippen molar-refractivity contribution >= 4 is 38.4 Å². The van der Waals surface area contributed by atoms with Crippen LogP contribution >= 0.6 is 0 Å². The van der Waals surface area contributed by atoms with Crippen molar-refractivity contribution in [3.05, 3.63) is 59.8 Å². The number of fused-ring (bicyclic) bond motifs is 1. The van der Waals surface area contributed by atoms with Crippen molar-refractivity contribution in [2.45, 2.75) is 38.0 Å². The van der Waals surface area contributed by atoms with Gasteiger partial charge in [0.25, 0.3) is 0 Å². The maximum absolute atomic E-state index is 12.7. The van der Waals surface area contributed by atoms with Crippen LogP contribution in [0.25, 0.3) is 10.9 Å². The Morgan fingerprint density at radius 1 is 1.18 bits per heavy atom. The molecule has 0 unspecified atom stereocenters. The zero-order valence-corrected chi connectivity index (χ0v) is 20.2. The number of hydrogen-bond acceptors (Lipinski definition) is 4. The first-order chi connectivity index (χ1) is 16.3. The highest BCUT2D eigenvalue weighted by molar-refractivity contribution is 7.89. The Bertz CT molecular complexity index is 1300. The van der Waals surface area contributed by atoms with Gasteiger partial charge < -0.3 is 15.2 Å². The quantitative estimate of drug-likeness (QED) is 0.435. The molecule has 0 radical (unpaired) electrons. The van der Waals surface area contributed by atoms with Gasteiger partial charge in [0.1, 0.15) is 0 Å². The van der Waals surface area contributed by atoms with E-state index in [2.05, 4.69) is 40.1 Å². The summed E-state index contributed by atoms with van der Waals surface area (Å²) in [6, 6.07) is 12.3. The Labute approximate surface area is 199 Å². The lowest BCUT2D eigenvalue weighted by Gasteiger charge is -2.16. The van der Waals surface area contributed by atoms with Crippen LogP contribution in [-0.2, 0) is 26.0 Å². The lowest BCUT2D eigenvalue weighted by molar-refractivity contribution is -0.128. The molecular weight excluding hydrogens is 452 g/mol. The van der Waals surface area contributed by atoms with Crippen molar-refractivity contribution in [3.63, 3.8) is 0 Å². The number of H-pyrrole nitrogens is 1. The van der Waals surface area contributed by atoms with Crippen LogP contribution in [0.4, 0.5) is 5.69 Å². The molecule has 0 saturated carbocycles. The van der Waals surface area contributed by atoms with Gasteiger partial charge in [-0.15, -0.1) is 0 Å². The Balaban J connectivity index is 1.33. The molecule has 0 bridgehead atoms. The number of aromatic amines is 1. The summed E-state index contributed by atoms with van der Waals surface area (Å²) in [5.74, 6) is -0.703. The number of hydrogen-bond donors (Lipinski definition) is 3. The Hall–Kier alpha value is -3.17. The zero-order chi connectivity index (χ0) is 24.3. The summed E-state index contributed by atoms with van der Waals surface area (Å²) < 4.78 is 26.9. The Morgan fingerprint density at radius 2 is 1.94 bits per heavy atom. The van der Waals surface area contributed by atoms with E-state index in [0.29, 0.717) is 38.2 Å². The van der Waals surface area contributed by atoms with Gasteiger partial charge in [0.2, 0.25) is 21.8 Å². The van der Waals surface area contributed by atoms with Crippen LogP contribution in [0.15, 0.2) is 53.6 Å². The molecule has 9 heteroatoms. The topological polar surface area (TPSA) is 111 Å². The van der Waals surface area contributed by atoms with E-state index < -0.39 is 15.9 Å². The number of aromatic nitrogens is 1. The van der Waals surface area contributed by atoms with Crippen LogP contribution in [-0.4, -0.2) is 49.8 Å². The highest BCUT2D eigenvalue weighted by Gasteiger charge is 2.34. The monoisotopic (exact) mass is 482 g/mol. The summed E-state index contributed by atoms with van der Waals surface area (Å²) in [6.45, 7) is 5.24. The summed E-state index contributed by atoms with van der Waals surface area (Å²) >= 11 is 0. The van der Waals surface area contributed by atoms with Gasteiger partial charge in [-0.2, -0.15) is 0 Å². The first-order valence-electron chi connectivity index (χ1n) is 11.5. The maximum Gasteiger partial charge on any atom is 0.240 e. The first kappa shape index (κ1) is 24.0. The second-order valence-electron chi connectivity index (χ2n) is 8.77. The molecule has 34 heavy (non-hydrogen) atoms. The first-order valence-corrected chi connectivity index (χ1v) is 13.0. The van der Waals surface area contributed by atoms with E-state index in [1.54, 1.807) is 17.0 Å². The molecule has 2 aromatic carbocycles. The third-order valence-corrected chi connectivity index (χ3v) is 7.61. The lowest BCUT2D eigenvalue weighted by atomic mass is 10.1. The SMILES string of the molecule is CCCNS(=O)(=O)c1ccc(NC(=O)[C@H]2CC(=O)N(CCc3c[nH]c4ccc(C)cc34)C2)cc1. The van der Waals surface area contributed by atoms with E-state index in [1.165, 1.54) is 17.7 Å². The van der Waals surface area contributed by atoms with E-state index in [4.69, 9.17) is 0 Å². The van der Waals surface area contributed by atoms with Crippen LogP contribution < -0.4 is 10.0 Å². The molecule has 1 aliphatic heterocycles. The van der Waals surface area contributed by atoms with Gasteiger partial charge in [-0.05, 0) is 61.7 Å². The van der Waals surface area contributed by atoms with Crippen LogP contribution in [0.1, 0.15) is 30.9 Å². The van der Waals surface area contributed by atoms with Crippen molar-refractivity contribution in [2.75, 3.05) is 25.0 Å². The molecule has 1 saturated heterocycles. The predicted octanol–water partition coefficient (Wildman–Crippen LogP) is 3.19. The highest BCUT2D eigenvalue weighted by Crippen LogP contribution is 2.24. The van der Waals surface area contributed by atoms with Crippen LogP contribution in [0.3, 0.4) is 0 Å². The average molecular weight is 483 g/mol. The number of anilines is 1. The number of benzene rings is 2. The molecule has 2 amide bonds. The van der Waals surface area contributed by atoms with Gasteiger partial charge in [-0.25, -0.2) is 13.1 Å². The molecule has 0 spiro atoms. The summed E-state index contributed by atoms with van der Waals surface area (Å²) in [5, 5.41) is 3.97. The van der Waals surface area contributed by atoms with Crippen molar-refractivity contribution in [1.82, 2.24) is 14.6 Å². The van der Waals surface area contributed by atoms with Gasteiger partial charge >= 0.3 is 0 Å². The number of carbonyl (C=O) groups is 2. The molecule has 3 N–H and O–H groups in total. The lowest BCUT2D eigenvalue weighted by Crippen LogP contribution is -2.30. The van der Waals surface area contributed by atoms with E-state index in [1.807, 2.05) is 13.1 Å². The Morgan fingerprint density at radius 3 is 2.68 bits per heavy atom. The van der Waals surface area contributed by atoms with Gasteiger partial charge in [0.15, 0.2) is 0 Å². The smallest absolute Gasteiger partial charge is 0.240 e. The number of nitrogens with one attached hydrogen (secondary N) is 3. The van der Waals surface area contributed by atoms with E-state index in [0.717, 1.165) is 16.5 Å². The second-order valence-corrected chi connectivity index (χ2v) is 10.5. The number of aryl methyl sites for hydroxylation is 1. The minimum atomic E-state index is -3.56. The molecular formula is C25H30N4O4S. The second kappa shape index (κ2) is 9.99. The maximum atomic E-state index is 12.7. The van der Waals surface area contributed by atoms with E-state index in [-0.39, 0.29) is 23.1 Å². The summed E-state index contributed by atoms with van der Waals surface area (Å²) in [5.41, 5.74) is 3.91. The predicted molar refractivity (Wildman–Crippen MR) is 132 cm³/mol. The molecule has 4 rings (SSSR count). The standard InChI is InChI=1S/C25H30N4O4S/c1-3-11-27-34(32,33)21-7-5-20(6-8-21)28-25(31)19-14-24(30)29(16-19)12-10-18-15-26-23-9-4-17(2)13-22(18)23/h4-9,13,15,19,26-27H,3,10-12,14,16H2,1-2H3,(H,28,31)/t19-/m0/s1. The highest BCUT2D eigenvalue weighted by atomic mass is 32.2. The third-order valence-electron chi connectivity index (χ3n) is 6.13. The van der Waals surface area contributed by atoms with Crippen molar-refractivity contribution in [1.29, 1.82) is 0 Å². The number of carbonyl (C=O) groups excluding carboxylic acids is 2. The molecule has 8 nitrogen and oxygen atoms in total. The molecule has 1 aliphatic rings. The van der Waals surface area contributed by atoms with Crippen LogP contribution in [0.5, 0.6) is 0 Å². The fraction of sp³-hybridized carbons (Fsp3) is 0.360. The van der Waals surface area contributed by atoms with Gasteiger partial charge in [-0.3, -0.25) is 9.59 Å². The largest absolute Gasteiger partial charge is 0.361 e. The molecule has 1 aromatic heterocycles. The molecule has 0 aliphatic carbocycles. The normalized spacial score (nSPS) is 16.4. The summed E-state index contributed by atoms with van der Waals surface area (Å²) in [4.78, 5) is 30.4. The number of rotatable bonds is 9. The minimum Gasteiger partial charge on any atom is -0.361 e. The molecule has 2 heterocycles. The molecule has 180 valence electrons. The number of amides is 2. The third kappa shape index (κ3) is 5.31. The van der Waals surface area contributed by atoms with Crippen LogP contribution in [0, 0.1) is 12.8 Å². The molecule has 3 aromatic rings. The molecule has 1 atom stereocenters. The minimum absolute atomic E-state index is 0.0281. The van der Waals surface area contributed by atoms with Crippen molar-refractivity contribution < 1.29 is 18.0 Å². The summed E-state index contributed by atoms with van der Waals surface area (Å²) in [7, 11) is -3.56. The number of nitrogens with zero attached hydrogens (tertiary/aromatic N) is 1. The van der Waals surface area contributed by atoms with Crippen molar-refractivity contribution in [3.8, 4) is 0 Å². The number of sulfonamides is 1. The number of likely N-dealkylation sites (tertiary alicyclic amines) is 1. The fourth-order valence-electron chi connectivity index (χ4n) is 4.20. The summed E-state index contributed by atoms with van der Waals surface area (Å²) in [6.07, 6.45) is 3.57. The van der Waals surface area contributed by atoms with Gasteiger partial charge in [0, 0.05) is 48.8 Å². The van der Waals surface area contributed by atoms with Crippen LogP contribution in [0.2, 0.25) is 0 Å². The Kier molecular flexibility index (Phi) is 7.04. The van der Waals surface area contributed by atoms with Crippen molar-refractivity contribution in [2.24, 2.45) is 5.92 Å². The fourth-order valence-corrected chi connectivity index (χ4v) is 5.33. The van der Waals surface area contributed by atoms with Gasteiger partial charge in [0.05, 0.1) is 10.8 Å². The zero-order valence-electron chi connectivity index (χ0n) is 19.4. The van der Waals surface area contributed by atoms with E-state index in [9.17, 15) is 18.0 Å². The van der Waals surface area contributed by atoms with Gasteiger partial charge in [-0.1, -0.05) is 18.6 Å². The van der Waals surface area contributed by atoms with E-state index >= 15 is 0 Å². The average Bonchev–Trinajstić information content (AvgIpc) is 3.39. The molecule has 1 fully saturated rings.